The fourth-order valence-corrected chi connectivity index (χ4v) is 2.64. The Labute approximate surface area is 112 Å². The van der Waals surface area contributed by atoms with Gasteiger partial charge in [-0.25, -0.2) is 0 Å². The second-order valence-electron chi connectivity index (χ2n) is 5.54. The predicted octanol–water partition coefficient (Wildman–Crippen LogP) is 2.46. The highest BCUT2D eigenvalue weighted by Gasteiger charge is 2.16. The molecule has 1 saturated heterocycles. The number of nitrogens with zero attached hydrogens (tertiary/aromatic N) is 1. The topological polar surface area (TPSA) is 32.3 Å². The quantitative estimate of drug-likeness (QED) is 0.722. The number of rotatable bonds is 8. The zero-order valence-electron chi connectivity index (χ0n) is 12.2. The molecular weight excluding hydrogens is 224 g/mol. The van der Waals surface area contributed by atoms with E-state index in [1.807, 2.05) is 0 Å². The van der Waals surface area contributed by atoms with E-state index in [4.69, 9.17) is 0 Å². The Morgan fingerprint density at radius 2 is 2.11 bits per heavy atom. The van der Waals surface area contributed by atoms with Gasteiger partial charge < -0.3 is 5.32 Å². The minimum Gasteiger partial charge on any atom is -0.315 e. The molecule has 0 saturated carbocycles. The van der Waals surface area contributed by atoms with Gasteiger partial charge in [-0.2, -0.15) is 0 Å². The first-order chi connectivity index (χ1) is 8.76. The van der Waals surface area contributed by atoms with Crippen LogP contribution in [-0.4, -0.2) is 43.4 Å². The van der Waals surface area contributed by atoms with Crippen molar-refractivity contribution in [3.63, 3.8) is 0 Å². The fourth-order valence-electron chi connectivity index (χ4n) is 2.64. The lowest BCUT2D eigenvalue weighted by Gasteiger charge is -2.20. The molecule has 1 N–H and O–H groups in total. The molecule has 1 atom stereocenters. The first-order valence-electron chi connectivity index (χ1n) is 7.71. The zero-order chi connectivity index (χ0) is 13.2. The third-order valence-corrected chi connectivity index (χ3v) is 3.89. The number of ketones is 1. The summed E-state index contributed by atoms with van der Waals surface area (Å²) in [7, 11) is 0. The Kier molecular flexibility index (Phi) is 8.27. The summed E-state index contributed by atoms with van der Waals surface area (Å²) in [4.78, 5) is 14.4. The van der Waals surface area contributed by atoms with Crippen molar-refractivity contribution in [1.82, 2.24) is 10.2 Å². The molecule has 1 fully saturated rings. The minimum atomic E-state index is 0.444. The summed E-state index contributed by atoms with van der Waals surface area (Å²) in [6.45, 7) is 9.33. The highest BCUT2D eigenvalue weighted by Crippen LogP contribution is 2.17. The number of carbonyl (C=O) groups is 1. The van der Waals surface area contributed by atoms with Crippen LogP contribution in [0.4, 0.5) is 0 Å². The van der Waals surface area contributed by atoms with Crippen molar-refractivity contribution < 1.29 is 4.79 Å². The van der Waals surface area contributed by atoms with Gasteiger partial charge in [0, 0.05) is 19.5 Å². The van der Waals surface area contributed by atoms with Crippen molar-refractivity contribution in [2.45, 2.75) is 52.4 Å². The lowest BCUT2D eigenvalue weighted by Crippen LogP contribution is -2.33. The maximum Gasteiger partial charge on any atom is 0.147 e. The van der Waals surface area contributed by atoms with Crippen molar-refractivity contribution in [3.8, 4) is 0 Å². The highest BCUT2D eigenvalue weighted by molar-refractivity contribution is 5.80. The van der Waals surface area contributed by atoms with Gasteiger partial charge in [0.05, 0.1) is 6.54 Å². The Bertz CT molecular complexity index is 223. The van der Waals surface area contributed by atoms with E-state index in [9.17, 15) is 4.79 Å². The summed E-state index contributed by atoms with van der Waals surface area (Å²) in [5.41, 5.74) is 0. The Morgan fingerprint density at radius 3 is 2.83 bits per heavy atom. The Hall–Kier alpha value is -0.410. The van der Waals surface area contributed by atoms with Crippen molar-refractivity contribution in [1.29, 1.82) is 0 Å². The predicted molar refractivity (Wildman–Crippen MR) is 76.9 cm³/mol. The molecule has 106 valence electrons. The van der Waals surface area contributed by atoms with E-state index in [0.717, 1.165) is 39.0 Å². The zero-order valence-corrected chi connectivity index (χ0v) is 12.2. The lowest BCUT2D eigenvalue weighted by atomic mass is 9.93. The number of nitrogens with one attached hydrogen (secondary N) is 1. The van der Waals surface area contributed by atoms with Crippen LogP contribution in [0.2, 0.25) is 0 Å². The Balaban J connectivity index is 2.25. The van der Waals surface area contributed by atoms with E-state index in [-0.39, 0.29) is 0 Å². The second kappa shape index (κ2) is 9.51. The summed E-state index contributed by atoms with van der Waals surface area (Å²) in [6.07, 6.45) is 6.83. The molecule has 0 aromatic carbocycles. The van der Waals surface area contributed by atoms with Crippen molar-refractivity contribution in [2.24, 2.45) is 5.92 Å². The molecule has 0 aromatic heterocycles. The van der Waals surface area contributed by atoms with Gasteiger partial charge in [0.1, 0.15) is 5.78 Å². The number of unbranched alkanes of at least 4 members (excludes halogenated alkanes) is 1. The summed E-state index contributed by atoms with van der Waals surface area (Å²) in [5, 5.41) is 3.38. The molecular formula is C15H30N2O. The van der Waals surface area contributed by atoms with Crippen LogP contribution < -0.4 is 5.32 Å². The molecule has 1 aliphatic heterocycles. The van der Waals surface area contributed by atoms with E-state index in [0.29, 0.717) is 18.2 Å². The SMILES string of the molecule is CCCCC(CC)CC(=O)CN1CCCNCC1. The van der Waals surface area contributed by atoms with Crippen LogP contribution in [0, 0.1) is 5.92 Å². The van der Waals surface area contributed by atoms with Crippen LogP contribution in [0.3, 0.4) is 0 Å². The molecule has 1 heterocycles. The molecule has 0 radical (unpaired) electrons. The van der Waals surface area contributed by atoms with Crippen LogP contribution in [-0.2, 0) is 4.79 Å². The third-order valence-electron chi connectivity index (χ3n) is 3.89. The third kappa shape index (κ3) is 6.50. The fraction of sp³-hybridized carbons (Fsp3) is 0.933. The average molecular weight is 254 g/mol. The van der Waals surface area contributed by atoms with Gasteiger partial charge >= 0.3 is 0 Å². The molecule has 18 heavy (non-hydrogen) atoms. The second-order valence-corrected chi connectivity index (χ2v) is 5.54. The van der Waals surface area contributed by atoms with Crippen LogP contribution in [0.25, 0.3) is 0 Å². The van der Waals surface area contributed by atoms with E-state index >= 15 is 0 Å². The van der Waals surface area contributed by atoms with E-state index in [1.54, 1.807) is 0 Å². The van der Waals surface area contributed by atoms with Gasteiger partial charge in [-0.3, -0.25) is 9.69 Å². The van der Waals surface area contributed by atoms with Gasteiger partial charge in [-0.05, 0) is 25.4 Å². The lowest BCUT2D eigenvalue weighted by molar-refractivity contribution is -0.121. The smallest absolute Gasteiger partial charge is 0.147 e. The first-order valence-corrected chi connectivity index (χ1v) is 7.71. The summed E-state index contributed by atoms with van der Waals surface area (Å²) >= 11 is 0. The van der Waals surface area contributed by atoms with E-state index in [1.165, 1.54) is 25.7 Å². The van der Waals surface area contributed by atoms with Crippen LogP contribution in [0.1, 0.15) is 52.4 Å². The first kappa shape index (κ1) is 15.6. The largest absolute Gasteiger partial charge is 0.315 e. The highest BCUT2D eigenvalue weighted by atomic mass is 16.1. The van der Waals surface area contributed by atoms with Crippen molar-refractivity contribution in [3.05, 3.63) is 0 Å². The standard InChI is InChI=1S/C15H30N2O/c1-3-5-7-14(4-2)12-15(18)13-17-10-6-8-16-9-11-17/h14,16H,3-13H2,1-2H3. The van der Waals surface area contributed by atoms with Crippen molar-refractivity contribution in [2.75, 3.05) is 32.7 Å². The summed E-state index contributed by atoms with van der Waals surface area (Å²) in [5.74, 6) is 1.06. The average Bonchev–Trinajstić information content (AvgIpc) is 2.63. The molecule has 0 aliphatic carbocycles. The molecule has 1 aliphatic rings. The van der Waals surface area contributed by atoms with Gasteiger partial charge in [-0.1, -0.05) is 39.5 Å². The van der Waals surface area contributed by atoms with E-state index in [2.05, 4.69) is 24.1 Å². The monoisotopic (exact) mass is 254 g/mol. The minimum absolute atomic E-state index is 0.444. The maximum atomic E-state index is 12.1. The molecule has 3 nitrogen and oxygen atoms in total. The van der Waals surface area contributed by atoms with Gasteiger partial charge in [0.25, 0.3) is 0 Å². The molecule has 1 rings (SSSR count). The molecule has 0 aromatic rings. The summed E-state index contributed by atoms with van der Waals surface area (Å²) in [6, 6.07) is 0. The Morgan fingerprint density at radius 1 is 1.28 bits per heavy atom. The van der Waals surface area contributed by atoms with Crippen LogP contribution in [0.15, 0.2) is 0 Å². The van der Waals surface area contributed by atoms with Crippen molar-refractivity contribution >= 4 is 5.78 Å². The molecule has 0 spiro atoms. The van der Waals surface area contributed by atoms with Gasteiger partial charge in [0.2, 0.25) is 0 Å². The molecule has 0 amide bonds. The number of hydrogen-bond donors (Lipinski definition) is 1. The number of Topliss-reactive ketones (excluding diaryl/α,β-unsaturated/α-hetero) is 1. The van der Waals surface area contributed by atoms with Gasteiger partial charge in [0.15, 0.2) is 0 Å². The maximum absolute atomic E-state index is 12.1. The number of hydrogen-bond acceptors (Lipinski definition) is 3. The normalized spacial score (nSPS) is 19.4. The van der Waals surface area contributed by atoms with E-state index < -0.39 is 0 Å². The molecule has 1 unspecified atom stereocenters. The molecule has 3 heteroatoms. The number of carbonyl (C=O) groups excluding carboxylic acids is 1. The molecule has 0 bridgehead atoms. The van der Waals surface area contributed by atoms with Crippen LogP contribution >= 0.6 is 0 Å². The van der Waals surface area contributed by atoms with Gasteiger partial charge in [-0.15, -0.1) is 0 Å². The summed E-state index contributed by atoms with van der Waals surface area (Å²) < 4.78 is 0. The van der Waals surface area contributed by atoms with Crippen LogP contribution in [0.5, 0.6) is 0 Å².